The van der Waals surface area contributed by atoms with Crippen LogP contribution in [0.5, 0.6) is 0 Å². The van der Waals surface area contributed by atoms with Crippen molar-refractivity contribution in [2.24, 2.45) is 0 Å². The van der Waals surface area contributed by atoms with Crippen LogP contribution in [0, 0.1) is 0 Å². The van der Waals surface area contributed by atoms with Gasteiger partial charge in [0.15, 0.2) is 0 Å². The Kier molecular flexibility index (Phi) is 4.27. The molecule has 0 aromatic carbocycles. The Labute approximate surface area is 89.0 Å². The molecule has 0 aliphatic heterocycles. The zero-order valence-electron chi connectivity index (χ0n) is 9.46. The molecule has 0 aliphatic rings. The highest BCUT2D eigenvalue weighted by Crippen LogP contribution is 2.25. The molecule has 0 amide bonds. The Bertz CT molecular complexity index is 237. The zero-order chi connectivity index (χ0) is 12.3. The highest BCUT2D eigenvalue weighted by atomic mass is 16.6. The largest absolute Gasteiger partial charge is 0.547 e. The number of ether oxygens (including phenoxy) is 1. The summed E-state index contributed by atoms with van der Waals surface area (Å²) < 4.78 is 5.12. The van der Waals surface area contributed by atoms with Crippen molar-refractivity contribution in [3.63, 3.8) is 0 Å². The molecule has 0 unspecified atom stereocenters. The Morgan fingerprint density at radius 2 is 1.27 bits per heavy atom. The Morgan fingerprint density at radius 1 is 1.00 bits per heavy atom. The van der Waals surface area contributed by atoms with Crippen LogP contribution in [0.4, 0.5) is 0 Å². The molecule has 0 aromatic heterocycles. The average Bonchev–Trinajstić information content (AvgIpc) is 2.16. The summed E-state index contributed by atoms with van der Waals surface area (Å²) in [5.41, 5.74) is -3.21. The van der Waals surface area contributed by atoms with Crippen molar-refractivity contribution in [3.8, 4) is 0 Å². The summed E-state index contributed by atoms with van der Waals surface area (Å²) in [4.78, 5) is 21.6. The third-order valence-electron chi connectivity index (χ3n) is 2.66. The normalized spacial score (nSPS) is 18.9. The molecular weight excluding hydrogens is 200 g/mol. The quantitative estimate of drug-likeness (QED) is 0.558. The third kappa shape index (κ3) is 2.92. The van der Waals surface area contributed by atoms with Crippen molar-refractivity contribution in [1.29, 1.82) is 0 Å². The van der Waals surface area contributed by atoms with E-state index in [-0.39, 0.29) is 12.8 Å². The van der Waals surface area contributed by atoms with Crippen LogP contribution < -0.4 is 10.2 Å². The van der Waals surface area contributed by atoms with Gasteiger partial charge in [0.2, 0.25) is 0 Å². The molecule has 5 heteroatoms. The van der Waals surface area contributed by atoms with Crippen molar-refractivity contribution in [2.45, 2.75) is 51.7 Å². The van der Waals surface area contributed by atoms with Crippen LogP contribution in [0.2, 0.25) is 0 Å². The summed E-state index contributed by atoms with van der Waals surface area (Å²) in [5, 5.41) is 21.6. The SMILES string of the molecule is CC[C@@](C)(O[C@](C)(CC)C(=O)[O-])C(=O)[O-]. The molecule has 0 saturated carbocycles. The molecule has 0 spiro atoms. The van der Waals surface area contributed by atoms with E-state index in [1.54, 1.807) is 13.8 Å². The van der Waals surface area contributed by atoms with Crippen molar-refractivity contribution < 1.29 is 24.5 Å². The molecule has 0 rings (SSSR count). The number of hydrogen-bond donors (Lipinski definition) is 0. The van der Waals surface area contributed by atoms with Gasteiger partial charge >= 0.3 is 0 Å². The molecule has 5 nitrogen and oxygen atoms in total. The standard InChI is InChI=1S/C10H18O5/c1-5-9(3,7(11)12)15-10(4,6-2)8(13)14/h5-6H2,1-4H3,(H,11,12)(H,13,14)/p-2/t9-,10-/m1/s1. The fourth-order valence-corrected chi connectivity index (χ4v) is 1.01. The van der Waals surface area contributed by atoms with Gasteiger partial charge in [-0.25, -0.2) is 0 Å². The van der Waals surface area contributed by atoms with Gasteiger partial charge in [-0.2, -0.15) is 0 Å². The van der Waals surface area contributed by atoms with Gasteiger partial charge in [0, 0.05) is 0 Å². The van der Waals surface area contributed by atoms with Gasteiger partial charge in [0.1, 0.15) is 11.2 Å². The number of carboxylic acids is 2. The van der Waals surface area contributed by atoms with E-state index in [1.807, 2.05) is 0 Å². The fourth-order valence-electron chi connectivity index (χ4n) is 1.01. The van der Waals surface area contributed by atoms with Crippen LogP contribution in [-0.2, 0) is 14.3 Å². The van der Waals surface area contributed by atoms with Gasteiger partial charge in [-0.1, -0.05) is 13.8 Å². The summed E-state index contributed by atoms with van der Waals surface area (Å²) >= 11 is 0. The van der Waals surface area contributed by atoms with Crippen molar-refractivity contribution >= 4 is 11.9 Å². The Balaban J connectivity index is 4.95. The molecule has 0 aliphatic carbocycles. The first kappa shape index (κ1) is 13.9. The zero-order valence-corrected chi connectivity index (χ0v) is 9.46. The first-order valence-electron chi connectivity index (χ1n) is 4.85. The second-order valence-corrected chi connectivity index (χ2v) is 3.85. The van der Waals surface area contributed by atoms with E-state index in [4.69, 9.17) is 4.74 Å². The van der Waals surface area contributed by atoms with Gasteiger partial charge in [-0.05, 0) is 26.7 Å². The third-order valence-corrected chi connectivity index (χ3v) is 2.66. The lowest BCUT2D eigenvalue weighted by atomic mass is 9.98. The summed E-state index contributed by atoms with van der Waals surface area (Å²) in [6, 6.07) is 0. The second kappa shape index (κ2) is 4.61. The van der Waals surface area contributed by atoms with Crippen molar-refractivity contribution in [1.82, 2.24) is 0 Å². The summed E-state index contributed by atoms with van der Waals surface area (Å²) in [6.45, 7) is 5.75. The summed E-state index contributed by atoms with van der Waals surface area (Å²) in [5.74, 6) is -2.85. The maximum absolute atomic E-state index is 10.8. The van der Waals surface area contributed by atoms with Gasteiger partial charge < -0.3 is 24.5 Å². The maximum Gasteiger partial charge on any atom is 0.106 e. The van der Waals surface area contributed by atoms with Gasteiger partial charge in [0.25, 0.3) is 0 Å². The van der Waals surface area contributed by atoms with Crippen LogP contribution in [0.25, 0.3) is 0 Å². The van der Waals surface area contributed by atoms with Gasteiger partial charge in [-0.3, -0.25) is 0 Å². The monoisotopic (exact) mass is 216 g/mol. The Hall–Kier alpha value is -1.10. The molecule has 0 bridgehead atoms. The van der Waals surface area contributed by atoms with Gasteiger partial charge in [0.05, 0.1) is 11.9 Å². The molecule has 2 atom stereocenters. The minimum Gasteiger partial charge on any atom is -0.547 e. The predicted molar refractivity (Wildman–Crippen MR) is 48.5 cm³/mol. The number of rotatable bonds is 6. The van der Waals surface area contributed by atoms with Crippen LogP contribution in [-0.4, -0.2) is 23.1 Å². The minimum atomic E-state index is -1.61. The molecule has 15 heavy (non-hydrogen) atoms. The first-order chi connectivity index (χ1) is 6.72. The highest BCUT2D eigenvalue weighted by molar-refractivity contribution is 5.78. The van der Waals surface area contributed by atoms with E-state index < -0.39 is 23.1 Å². The highest BCUT2D eigenvalue weighted by Gasteiger charge is 2.35. The predicted octanol–water partition coefficient (Wildman–Crippen LogP) is -1.16. The van der Waals surface area contributed by atoms with Crippen LogP contribution in [0.1, 0.15) is 40.5 Å². The minimum absolute atomic E-state index is 0.123. The lowest BCUT2D eigenvalue weighted by Crippen LogP contribution is -2.57. The van der Waals surface area contributed by atoms with Crippen molar-refractivity contribution in [2.75, 3.05) is 0 Å². The number of aliphatic carboxylic acids is 2. The van der Waals surface area contributed by atoms with Crippen LogP contribution in [0.15, 0.2) is 0 Å². The lowest BCUT2D eigenvalue weighted by Gasteiger charge is -2.40. The molecule has 0 heterocycles. The fraction of sp³-hybridized carbons (Fsp3) is 0.800. The van der Waals surface area contributed by atoms with E-state index in [0.29, 0.717) is 0 Å². The molecule has 88 valence electrons. The van der Waals surface area contributed by atoms with Crippen LogP contribution >= 0.6 is 0 Å². The summed E-state index contributed by atoms with van der Waals surface area (Å²) in [6.07, 6.45) is 0.246. The van der Waals surface area contributed by atoms with E-state index in [9.17, 15) is 19.8 Å². The number of carbonyl (C=O) groups is 2. The van der Waals surface area contributed by atoms with Crippen molar-refractivity contribution in [3.05, 3.63) is 0 Å². The molecular formula is C10H16O5-2. The van der Waals surface area contributed by atoms with E-state index in [0.717, 1.165) is 0 Å². The molecule has 0 aromatic rings. The summed E-state index contributed by atoms with van der Waals surface area (Å²) in [7, 11) is 0. The first-order valence-corrected chi connectivity index (χ1v) is 4.85. The Morgan fingerprint density at radius 3 is 1.40 bits per heavy atom. The smallest absolute Gasteiger partial charge is 0.106 e. The second-order valence-electron chi connectivity index (χ2n) is 3.85. The van der Waals surface area contributed by atoms with E-state index >= 15 is 0 Å². The van der Waals surface area contributed by atoms with Gasteiger partial charge in [-0.15, -0.1) is 0 Å². The number of carbonyl (C=O) groups excluding carboxylic acids is 2. The van der Waals surface area contributed by atoms with Crippen LogP contribution in [0.3, 0.4) is 0 Å². The topological polar surface area (TPSA) is 89.5 Å². The maximum atomic E-state index is 10.8. The number of hydrogen-bond acceptors (Lipinski definition) is 5. The molecule has 0 fully saturated rings. The van der Waals surface area contributed by atoms with E-state index in [1.165, 1.54) is 13.8 Å². The van der Waals surface area contributed by atoms with E-state index in [2.05, 4.69) is 0 Å². The molecule has 0 N–H and O–H groups in total. The molecule has 0 saturated heterocycles. The average molecular weight is 216 g/mol. The lowest BCUT2D eigenvalue weighted by molar-refractivity contribution is -0.348. The number of carboxylic acid groups (broad SMARTS) is 2. The molecule has 0 radical (unpaired) electrons.